The Hall–Kier alpha value is -1.33. The predicted octanol–water partition coefficient (Wildman–Crippen LogP) is 3.07. The van der Waals surface area contributed by atoms with Crippen molar-refractivity contribution in [2.45, 2.75) is 6.54 Å². The minimum absolute atomic E-state index is 0.783. The van der Waals surface area contributed by atoms with Crippen LogP contribution in [0.1, 0.15) is 5.69 Å². The van der Waals surface area contributed by atoms with Crippen molar-refractivity contribution in [3.63, 3.8) is 0 Å². The first-order valence-electron chi connectivity index (χ1n) is 4.59. The first kappa shape index (κ1) is 8.94. The average Bonchev–Trinajstić information content (AvgIpc) is 2.91. The largest absolute Gasteiger partial charge is 0.379 e. The molecule has 0 fully saturated rings. The van der Waals surface area contributed by atoms with Gasteiger partial charge in [0, 0.05) is 28.8 Å². The smallest absolute Gasteiger partial charge is 0.193 e. The molecule has 0 aliphatic rings. The molecule has 3 nitrogen and oxygen atoms in total. The number of anilines is 1. The van der Waals surface area contributed by atoms with Crippen molar-refractivity contribution in [2.75, 3.05) is 5.32 Å². The molecule has 0 unspecified atom stereocenters. The van der Waals surface area contributed by atoms with E-state index < -0.39 is 0 Å². The summed E-state index contributed by atoms with van der Waals surface area (Å²) in [6.45, 7) is 0.783. The van der Waals surface area contributed by atoms with Crippen LogP contribution < -0.4 is 5.32 Å². The van der Waals surface area contributed by atoms with Crippen LogP contribution >= 0.6 is 22.7 Å². The van der Waals surface area contributed by atoms with Crippen molar-refractivity contribution < 1.29 is 0 Å². The van der Waals surface area contributed by atoms with Gasteiger partial charge in [-0.3, -0.25) is 4.40 Å². The van der Waals surface area contributed by atoms with E-state index in [-0.39, 0.29) is 0 Å². The van der Waals surface area contributed by atoms with Gasteiger partial charge >= 0.3 is 0 Å². The molecular formula is C10H9N3S2. The number of hydrogen-bond donors (Lipinski definition) is 1. The summed E-state index contributed by atoms with van der Waals surface area (Å²) in [5.41, 5.74) is 2.24. The van der Waals surface area contributed by atoms with Crippen LogP contribution in [-0.2, 0) is 6.54 Å². The lowest BCUT2D eigenvalue weighted by Crippen LogP contribution is -1.97. The normalized spacial score (nSPS) is 10.9. The van der Waals surface area contributed by atoms with E-state index in [9.17, 15) is 0 Å². The minimum Gasteiger partial charge on any atom is -0.379 e. The number of fused-ring (bicyclic) bond motifs is 1. The lowest BCUT2D eigenvalue weighted by molar-refractivity contribution is 1.08. The number of aromatic nitrogens is 2. The maximum absolute atomic E-state index is 4.49. The topological polar surface area (TPSA) is 29.3 Å². The highest BCUT2D eigenvalue weighted by Crippen LogP contribution is 2.15. The highest BCUT2D eigenvalue weighted by Gasteiger charge is 2.01. The van der Waals surface area contributed by atoms with Crippen molar-refractivity contribution >= 4 is 33.3 Å². The zero-order valence-corrected chi connectivity index (χ0v) is 9.52. The van der Waals surface area contributed by atoms with Crippen molar-refractivity contribution in [3.8, 4) is 0 Å². The first-order chi connectivity index (χ1) is 7.42. The number of hydrogen-bond acceptors (Lipinski definition) is 4. The molecule has 0 radical (unpaired) electrons. The first-order valence-corrected chi connectivity index (χ1v) is 6.41. The molecule has 3 rings (SSSR count). The van der Waals surface area contributed by atoms with E-state index in [4.69, 9.17) is 0 Å². The fourth-order valence-electron chi connectivity index (χ4n) is 1.42. The van der Waals surface area contributed by atoms with Gasteiger partial charge in [-0.05, 0) is 11.4 Å². The Bertz CT molecular complexity index is 522. The molecule has 0 aliphatic heterocycles. The average molecular weight is 235 g/mol. The number of rotatable bonds is 3. The number of thiophene rings is 1. The van der Waals surface area contributed by atoms with Gasteiger partial charge in [0.15, 0.2) is 4.96 Å². The van der Waals surface area contributed by atoms with Crippen LogP contribution in [-0.4, -0.2) is 9.38 Å². The lowest BCUT2D eigenvalue weighted by Gasteiger charge is -1.98. The quantitative estimate of drug-likeness (QED) is 0.756. The van der Waals surface area contributed by atoms with Gasteiger partial charge < -0.3 is 5.32 Å². The van der Waals surface area contributed by atoms with Gasteiger partial charge in [0.1, 0.15) is 0 Å². The van der Waals surface area contributed by atoms with Gasteiger partial charge in [0.25, 0.3) is 0 Å². The molecule has 0 aliphatic carbocycles. The van der Waals surface area contributed by atoms with E-state index in [0.29, 0.717) is 0 Å². The Labute approximate surface area is 95.0 Å². The van der Waals surface area contributed by atoms with E-state index in [1.54, 1.807) is 22.7 Å². The summed E-state index contributed by atoms with van der Waals surface area (Å²) in [6, 6.07) is 2.07. The molecule has 0 bridgehead atoms. The summed E-state index contributed by atoms with van der Waals surface area (Å²) in [5.74, 6) is 0. The second-order valence-electron chi connectivity index (χ2n) is 3.19. The standard InChI is InChI=1S/C10H9N3S2/c1-3-14-7-8(1)11-5-9-6-13-2-4-15-10(13)12-9/h1-4,6-7,11H,5H2. The predicted molar refractivity (Wildman–Crippen MR) is 64.7 cm³/mol. The van der Waals surface area contributed by atoms with Crippen LogP contribution in [0.15, 0.2) is 34.6 Å². The summed E-state index contributed by atoms with van der Waals surface area (Å²) >= 11 is 3.35. The fourth-order valence-corrected chi connectivity index (χ4v) is 2.75. The number of nitrogens with zero attached hydrogens (tertiary/aromatic N) is 2. The van der Waals surface area contributed by atoms with Gasteiger partial charge in [-0.2, -0.15) is 11.3 Å². The zero-order chi connectivity index (χ0) is 10.1. The lowest BCUT2D eigenvalue weighted by atomic mass is 10.4. The van der Waals surface area contributed by atoms with Gasteiger partial charge in [0.2, 0.25) is 0 Å². The summed E-state index contributed by atoms with van der Waals surface area (Å²) in [6.07, 6.45) is 4.09. The third-order valence-electron chi connectivity index (χ3n) is 2.14. The molecule has 0 atom stereocenters. The third-order valence-corrected chi connectivity index (χ3v) is 3.59. The van der Waals surface area contributed by atoms with E-state index in [1.165, 1.54) is 0 Å². The molecule has 0 saturated carbocycles. The van der Waals surface area contributed by atoms with Gasteiger partial charge in [-0.25, -0.2) is 4.98 Å². The molecule has 76 valence electrons. The van der Waals surface area contributed by atoms with Crippen LogP contribution in [0.5, 0.6) is 0 Å². The molecule has 3 heterocycles. The Morgan fingerprint density at radius 3 is 3.20 bits per heavy atom. The van der Waals surface area contributed by atoms with Crippen molar-refractivity contribution in [1.29, 1.82) is 0 Å². The molecule has 1 N–H and O–H groups in total. The Morgan fingerprint density at radius 2 is 2.40 bits per heavy atom. The second-order valence-corrected chi connectivity index (χ2v) is 4.84. The Kier molecular flexibility index (Phi) is 2.19. The van der Waals surface area contributed by atoms with Crippen molar-refractivity contribution in [2.24, 2.45) is 0 Å². The van der Waals surface area contributed by atoms with Gasteiger partial charge in [-0.15, -0.1) is 11.3 Å². The highest BCUT2D eigenvalue weighted by atomic mass is 32.1. The highest BCUT2D eigenvalue weighted by molar-refractivity contribution is 7.15. The number of nitrogens with one attached hydrogen (secondary N) is 1. The summed E-state index contributed by atoms with van der Waals surface area (Å²) in [5, 5.41) is 9.53. The molecule has 5 heteroatoms. The summed E-state index contributed by atoms with van der Waals surface area (Å²) in [7, 11) is 0. The van der Waals surface area contributed by atoms with Crippen LogP contribution in [0.25, 0.3) is 4.96 Å². The summed E-state index contributed by atoms with van der Waals surface area (Å²) in [4.78, 5) is 5.55. The SMILES string of the molecule is c1cc(NCc2cn3ccsc3n2)cs1. The maximum Gasteiger partial charge on any atom is 0.193 e. The molecule has 0 amide bonds. The minimum atomic E-state index is 0.783. The van der Waals surface area contributed by atoms with E-state index >= 15 is 0 Å². The number of imidazole rings is 1. The van der Waals surface area contributed by atoms with Crippen LogP contribution in [0.3, 0.4) is 0 Å². The fraction of sp³-hybridized carbons (Fsp3) is 0.100. The van der Waals surface area contributed by atoms with Gasteiger partial charge in [-0.1, -0.05) is 0 Å². The third kappa shape index (κ3) is 1.75. The van der Waals surface area contributed by atoms with Gasteiger partial charge in [0.05, 0.1) is 12.2 Å². The van der Waals surface area contributed by atoms with E-state index in [2.05, 4.69) is 37.7 Å². The van der Waals surface area contributed by atoms with E-state index in [1.807, 2.05) is 11.6 Å². The van der Waals surface area contributed by atoms with Crippen molar-refractivity contribution in [3.05, 3.63) is 40.3 Å². The molecule has 0 spiro atoms. The van der Waals surface area contributed by atoms with Crippen molar-refractivity contribution in [1.82, 2.24) is 9.38 Å². The maximum atomic E-state index is 4.49. The second kappa shape index (κ2) is 3.67. The molecule has 3 aromatic heterocycles. The van der Waals surface area contributed by atoms with Crippen LogP contribution in [0, 0.1) is 0 Å². The molecular weight excluding hydrogens is 226 g/mol. The Morgan fingerprint density at radius 1 is 1.40 bits per heavy atom. The summed E-state index contributed by atoms with van der Waals surface area (Å²) < 4.78 is 2.05. The number of thiazole rings is 1. The monoisotopic (exact) mass is 235 g/mol. The zero-order valence-electron chi connectivity index (χ0n) is 7.88. The van der Waals surface area contributed by atoms with Crippen LogP contribution in [0.4, 0.5) is 5.69 Å². The van der Waals surface area contributed by atoms with E-state index in [0.717, 1.165) is 22.9 Å². The molecule has 0 aromatic carbocycles. The van der Waals surface area contributed by atoms with Crippen LogP contribution in [0.2, 0.25) is 0 Å². The molecule has 0 saturated heterocycles. The Balaban J connectivity index is 1.75. The molecule has 3 aromatic rings. The molecule has 15 heavy (non-hydrogen) atoms.